The van der Waals surface area contributed by atoms with E-state index in [0.29, 0.717) is 35.9 Å². The van der Waals surface area contributed by atoms with Gasteiger partial charge in [0.25, 0.3) is 5.91 Å². The SMILES string of the molecule is COc1cc(C(=O)N2CCC(C)CC2C(=O)O)cc(OC)c1C. The molecule has 1 saturated heterocycles. The van der Waals surface area contributed by atoms with Gasteiger partial charge in [0.2, 0.25) is 0 Å². The number of benzene rings is 1. The molecule has 0 aliphatic carbocycles. The Kier molecular flexibility index (Phi) is 5.13. The molecule has 6 heteroatoms. The summed E-state index contributed by atoms with van der Waals surface area (Å²) in [5, 5.41) is 9.42. The minimum Gasteiger partial charge on any atom is -0.496 e. The first-order valence-corrected chi connectivity index (χ1v) is 7.65. The lowest BCUT2D eigenvalue weighted by Gasteiger charge is -2.36. The van der Waals surface area contributed by atoms with E-state index in [1.165, 1.54) is 19.1 Å². The molecular formula is C17H23NO5. The van der Waals surface area contributed by atoms with Gasteiger partial charge in [-0.3, -0.25) is 4.79 Å². The summed E-state index contributed by atoms with van der Waals surface area (Å²) in [7, 11) is 3.05. The van der Waals surface area contributed by atoms with Crippen molar-refractivity contribution in [2.24, 2.45) is 5.92 Å². The number of rotatable bonds is 4. The molecule has 23 heavy (non-hydrogen) atoms. The number of carboxylic acids is 1. The van der Waals surface area contributed by atoms with Crippen LogP contribution in [0.15, 0.2) is 12.1 Å². The van der Waals surface area contributed by atoms with E-state index in [9.17, 15) is 14.7 Å². The Balaban J connectivity index is 2.37. The van der Waals surface area contributed by atoms with Gasteiger partial charge in [-0.25, -0.2) is 4.79 Å². The molecule has 1 N–H and O–H groups in total. The lowest BCUT2D eigenvalue weighted by Crippen LogP contribution is -2.49. The predicted octanol–water partition coefficient (Wildman–Crippen LogP) is 2.34. The number of methoxy groups -OCH3 is 2. The molecule has 2 atom stereocenters. The Morgan fingerprint density at radius 1 is 1.22 bits per heavy atom. The van der Waals surface area contributed by atoms with Crippen LogP contribution in [0, 0.1) is 12.8 Å². The second-order valence-electron chi connectivity index (χ2n) is 5.99. The number of carbonyl (C=O) groups is 2. The topological polar surface area (TPSA) is 76.1 Å². The van der Waals surface area contributed by atoms with E-state index in [1.54, 1.807) is 12.1 Å². The van der Waals surface area contributed by atoms with E-state index in [-0.39, 0.29) is 5.91 Å². The molecule has 1 aliphatic heterocycles. The van der Waals surface area contributed by atoms with Gasteiger partial charge in [0.1, 0.15) is 17.5 Å². The van der Waals surface area contributed by atoms with Crippen molar-refractivity contribution in [1.82, 2.24) is 4.90 Å². The molecule has 1 fully saturated rings. The normalized spacial score (nSPS) is 21.0. The van der Waals surface area contributed by atoms with Crippen molar-refractivity contribution in [3.63, 3.8) is 0 Å². The Morgan fingerprint density at radius 3 is 2.26 bits per heavy atom. The van der Waals surface area contributed by atoms with Gasteiger partial charge >= 0.3 is 5.97 Å². The van der Waals surface area contributed by atoms with Crippen LogP contribution in [-0.2, 0) is 4.79 Å². The summed E-state index contributed by atoms with van der Waals surface area (Å²) in [6.45, 7) is 4.29. The molecule has 6 nitrogen and oxygen atoms in total. The average molecular weight is 321 g/mol. The van der Waals surface area contributed by atoms with Crippen LogP contribution < -0.4 is 9.47 Å². The molecule has 1 aromatic rings. The fourth-order valence-electron chi connectivity index (χ4n) is 2.99. The van der Waals surface area contributed by atoms with Crippen LogP contribution in [0.3, 0.4) is 0 Å². The Morgan fingerprint density at radius 2 is 1.78 bits per heavy atom. The van der Waals surface area contributed by atoms with E-state index < -0.39 is 12.0 Å². The number of likely N-dealkylation sites (tertiary alicyclic amines) is 1. The summed E-state index contributed by atoms with van der Waals surface area (Å²) in [5.41, 5.74) is 1.18. The number of aliphatic carboxylic acids is 1. The van der Waals surface area contributed by atoms with Crippen molar-refractivity contribution < 1.29 is 24.2 Å². The first-order chi connectivity index (χ1) is 10.9. The standard InChI is InChI=1S/C17H23NO5/c1-10-5-6-18(13(7-10)17(20)21)16(19)12-8-14(22-3)11(2)15(9-12)23-4/h8-10,13H,5-7H2,1-4H3,(H,20,21). The van der Waals surface area contributed by atoms with Gasteiger partial charge in [-0.1, -0.05) is 6.92 Å². The minimum atomic E-state index is -0.962. The fourth-order valence-corrected chi connectivity index (χ4v) is 2.99. The third-order valence-corrected chi connectivity index (χ3v) is 4.41. The molecule has 126 valence electrons. The van der Waals surface area contributed by atoms with Gasteiger partial charge < -0.3 is 19.5 Å². The largest absolute Gasteiger partial charge is 0.496 e. The Hall–Kier alpha value is -2.24. The number of nitrogens with zero attached hydrogens (tertiary/aromatic N) is 1. The lowest BCUT2D eigenvalue weighted by atomic mass is 9.91. The monoisotopic (exact) mass is 321 g/mol. The molecule has 1 heterocycles. The van der Waals surface area contributed by atoms with Crippen LogP contribution in [0.2, 0.25) is 0 Å². The van der Waals surface area contributed by atoms with Crippen molar-refractivity contribution >= 4 is 11.9 Å². The maximum absolute atomic E-state index is 12.8. The molecular weight excluding hydrogens is 298 g/mol. The molecule has 0 saturated carbocycles. The quantitative estimate of drug-likeness (QED) is 0.921. The number of carboxylic acid groups (broad SMARTS) is 1. The molecule has 0 bridgehead atoms. The van der Waals surface area contributed by atoms with Crippen LogP contribution in [-0.4, -0.2) is 48.7 Å². The summed E-state index contributed by atoms with van der Waals surface area (Å²) in [6, 6.07) is 2.48. The number of hydrogen-bond acceptors (Lipinski definition) is 4. The van der Waals surface area contributed by atoms with Crippen molar-refractivity contribution in [2.75, 3.05) is 20.8 Å². The van der Waals surface area contributed by atoms with Crippen molar-refractivity contribution in [3.8, 4) is 11.5 Å². The highest BCUT2D eigenvalue weighted by atomic mass is 16.5. The van der Waals surface area contributed by atoms with E-state index in [1.807, 2.05) is 13.8 Å². The van der Waals surface area contributed by atoms with Gasteiger partial charge in [0.05, 0.1) is 14.2 Å². The number of amides is 1. The number of ether oxygens (including phenoxy) is 2. The Bertz CT molecular complexity index is 588. The van der Waals surface area contributed by atoms with Gasteiger partial charge in [0, 0.05) is 17.7 Å². The zero-order valence-electron chi connectivity index (χ0n) is 14.0. The molecule has 0 aromatic heterocycles. The van der Waals surface area contributed by atoms with Gasteiger partial charge in [-0.2, -0.15) is 0 Å². The first-order valence-electron chi connectivity index (χ1n) is 7.65. The molecule has 0 spiro atoms. The smallest absolute Gasteiger partial charge is 0.326 e. The van der Waals surface area contributed by atoms with E-state index in [4.69, 9.17) is 9.47 Å². The van der Waals surface area contributed by atoms with Gasteiger partial charge in [-0.05, 0) is 37.8 Å². The molecule has 1 aromatic carbocycles. The molecule has 1 aliphatic rings. The van der Waals surface area contributed by atoms with Crippen LogP contribution >= 0.6 is 0 Å². The first kappa shape index (κ1) is 17.1. The van der Waals surface area contributed by atoms with Crippen molar-refractivity contribution in [3.05, 3.63) is 23.3 Å². The zero-order valence-corrected chi connectivity index (χ0v) is 14.0. The van der Waals surface area contributed by atoms with Crippen LogP contribution in [0.5, 0.6) is 11.5 Å². The average Bonchev–Trinajstić information content (AvgIpc) is 2.54. The summed E-state index contributed by atoms with van der Waals surface area (Å²) in [4.78, 5) is 25.8. The highest BCUT2D eigenvalue weighted by molar-refractivity contribution is 5.97. The summed E-state index contributed by atoms with van der Waals surface area (Å²) in [5.74, 6) is 0.119. The second kappa shape index (κ2) is 6.89. The van der Waals surface area contributed by atoms with E-state index >= 15 is 0 Å². The van der Waals surface area contributed by atoms with Crippen LogP contribution in [0.1, 0.15) is 35.7 Å². The summed E-state index contributed by atoms with van der Waals surface area (Å²) < 4.78 is 10.6. The maximum atomic E-state index is 12.8. The van der Waals surface area contributed by atoms with Gasteiger partial charge in [0.15, 0.2) is 0 Å². The van der Waals surface area contributed by atoms with E-state index in [0.717, 1.165) is 12.0 Å². The summed E-state index contributed by atoms with van der Waals surface area (Å²) in [6.07, 6.45) is 1.27. The second-order valence-corrected chi connectivity index (χ2v) is 5.99. The summed E-state index contributed by atoms with van der Waals surface area (Å²) >= 11 is 0. The predicted molar refractivity (Wildman–Crippen MR) is 85.1 cm³/mol. The lowest BCUT2D eigenvalue weighted by molar-refractivity contribution is -0.144. The minimum absolute atomic E-state index is 0.294. The highest BCUT2D eigenvalue weighted by Gasteiger charge is 2.35. The third-order valence-electron chi connectivity index (χ3n) is 4.41. The van der Waals surface area contributed by atoms with Gasteiger partial charge in [-0.15, -0.1) is 0 Å². The molecule has 1 amide bonds. The highest BCUT2D eigenvalue weighted by Crippen LogP contribution is 2.31. The van der Waals surface area contributed by atoms with Crippen molar-refractivity contribution in [2.45, 2.75) is 32.7 Å². The molecule has 0 radical (unpaired) electrons. The molecule has 2 unspecified atom stereocenters. The Labute approximate surface area is 136 Å². The number of carbonyl (C=O) groups excluding carboxylic acids is 1. The van der Waals surface area contributed by atoms with Crippen LogP contribution in [0.25, 0.3) is 0 Å². The fraction of sp³-hybridized carbons (Fsp3) is 0.529. The van der Waals surface area contributed by atoms with E-state index in [2.05, 4.69) is 0 Å². The van der Waals surface area contributed by atoms with Crippen LogP contribution in [0.4, 0.5) is 0 Å². The number of piperidine rings is 1. The third kappa shape index (κ3) is 3.41. The maximum Gasteiger partial charge on any atom is 0.326 e. The molecule has 2 rings (SSSR count). The zero-order chi connectivity index (χ0) is 17.1. The van der Waals surface area contributed by atoms with Crippen molar-refractivity contribution in [1.29, 1.82) is 0 Å². The number of hydrogen-bond donors (Lipinski definition) is 1.